The molecule has 8 nitrogen and oxygen atoms in total. The molecule has 1 amide bonds. The predicted molar refractivity (Wildman–Crippen MR) is 90.4 cm³/mol. The third kappa shape index (κ3) is 3.77. The average Bonchev–Trinajstić information content (AvgIpc) is 3.18. The van der Waals surface area contributed by atoms with Crippen LogP contribution in [0.3, 0.4) is 0 Å². The molecule has 3 rings (SSSR count). The van der Waals surface area contributed by atoms with Crippen molar-refractivity contribution < 1.29 is 13.2 Å². The molecule has 1 aromatic carbocycles. The lowest BCUT2D eigenvalue weighted by molar-refractivity contribution is 0.0981. The molecule has 2 heterocycles. The third-order valence-corrected chi connectivity index (χ3v) is 5.05. The summed E-state index contributed by atoms with van der Waals surface area (Å²) in [5.41, 5.74) is 2.34. The summed E-state index contributed by atoms with van der Waals surface area (Å²) in [7, 11) is -2.28. The van der Waals surface area contributed by atoms with Crippen LogP contribution in [0.25, 0.3) is 0 Å². The zero-order valence-corrected chi connectivity index (χ0v) is 14.5. The third-order valence-electron chi connectivity index (χ3n) is 3.61. The second-order valence-electron chi connectivity index (χ2n) is 5.71. The largest absolute Gasteiger partial charge is 0.367 e. The van der Waals surface area contributed by atoms with Crippen LogP contribution in [0.1, 0.15) is 27.2 Å². The van der Waals surface area contributed by atoms with Gasteiger partial charge in [-0.25, -0.2) is 13.1 Å². The fourth-order valence-electron chi connectivity index (χ4n) is 2.48. The van der Waals surface area contributed by atoms with E-state index in [1.165, 1.54) is 18.3 Å². The highest BCUT2D eigenvalue weighted by atomic mass is 32.2. The van der Waals surface area contributed by atoms with Gasteiger partial charge in [0.1, 0.15) is 0 Å². The molecule has 0 aliphatic heterocycles. The summed E-state index contributed by atoms with van der Waals surface area (Å²) in [6.45, 7) is 1.87. The first kappa shape index (κ1) is 16.9. The number of hydrogen-bond donors (Lipinski definition) is 2. The molecule has 2 N–H and O–H groups in total. The topological polar surface area (TPSA) is 110 Å². The van der Waals surface area contributed by atoms with Crippen LogP contribution in [0, 0.1) is 6.92 Å². The molecule has 25 heavy (non-hydrogen) atoms. The fourth-order valence-corrected chi connectivity index (χ4v) is 3.68. The van der Waals surface area contributed by atoms with Gasteiger partial charge in [-0.3, -0.25) is 9.48 Å². The number of aromatic amines is 1. The summed E-state index contributed by atoms with van der Waals surface area (Å²) in [4.78, 5) is 14.9. The van der Waals surface area contributed by atoms with Crippen LogP contribution in [0.5, 0.6) is 0 Å². The first-order chi connectivity index (χ1) is 11.8. The van der Waals surface area contributed by atoms with Crippen LogP contribution in [0.2, 0.25) is 0 Å². The number of amides is 1. The second-order valence-corrected chi connectivity index (χ2v) is 7.36. The highest BCUT2D eigenvalue weighted by molar-refractivity contribution is 7.90. The van der Waals surface area contributed by atoms with Crippen LogP contribution < -0.4 is 4.72 Å². The molecule has 130 valence electrons. The van der Waals surface area contributed by atoms with Crippen LogP contribution in [0.4, 0.5) is 0 Å². The van der Waals surface area contributed by atoms with E-state index in [0.717, 1.165) is 5.56 Å². The number of nitrogens with one attached hydrogen (secondary N) is 2. The molecular weight excluding hydrogens is 342 g/mol. The predicted octanol–water partition coefficient (Wildman–Crippen LogP) is 1.16. The summed E-state index contributed by atoms with van der Waals surface area (Å²) >= 11 is 0. The summed E-state index contributed by atoms with van der Waals surface area (Å²) in [6.07, 6.45) is 4.99. The van der Waals surface area contributed by atoms with Crippen molar-refractivity contribution in [1.29, 1.82) is 0 Å². The lowest BCUT2D eigenvalue weighted by atomic mass is 10.1. The lowest BCUT2D eigenvalue weighted by Crippen LogP contribution is -2.31. The molecule has 9 heteroatoms. The Morgan fingerprint density at radius 1 is 1.32 bits per heavy atom. The molecule has 0 bridgehead atoms. The van der Waals surface area contributed by atoms with Crippen molar-refractivity contribution in [2.24, 2.45) is 7.05 Å². The second kappa shape index (κ2) is 6.52. The van der Waals surface area contributed by atoms with E-state index < -0.39 is 15.9 Å². The van der Waals surface area contributed by atoms with E-state index in [4.69, 9.17) is 0 Å². The van der Waals surface area contributed by atoms with E-state index in [1.807, 2.05) is 6.92 Å². The Bertz CT molecular complexity index is 1010. The van der Waals surface area contributed by atoms with Gasteiger partial charge < -0.3 is 4.98 Å². The molecule has 0 saturated heterocycles. The lowest BCUT2D eigenvalue weighted by Gasteiger charge is -2.11. The van der Waals surface area contributed by atoms with E-state index in [9.17, 15) is 13.2 Å². The maximum absolute atomic E-state index is 12.7. The first-order valence-corrected chi connectivity index (χ1v) is 8.98. The Labute approximate surface area is 144 Å². The van der Waals surface area contributed by atoms with Crippen molar-refractivity contribution in [2.75, 3.05) is 0 Å². The Hall–Kier alpha value is -2.94. The zero-order chi connectivity index (χ0) is 18.0. The molecule has 0 radical (unpaired) electrons. The number of carbonyl (C=O) groups excluding carboxylic acids is 1. The maximum atomic E-state index is 12.7. The van der Waals surface area contributed by atoms with E-state index in [1.54, 1.807) is 36.3 Å². The van der Waals surface area contributed by atoms with Gasteiger partial charge in [0.15, 0.2) is 0 Å². The normalized spacial score (nSPS) is 11.4. The van der Waals surface area contributed by atoms with E-state index in [-0.39, 0.29) is 10.5 Å². The van der Waals surface area contributed by atoms with Gasteiger partial charge >= 0.3 is 0 Å². The van der Waals surface area contributed by atoms with Gasteiger partial charge in [0.05, 0.1) is 16.2 Å². The fraction of sp³-hybridized carbons (Fsp3) is 0.188. The van der Waals surface area contributed by atoms with Gasteiger partial charge in [0, 0.05) is 32.1 Å². The monoisotopic (exact) mass is 359 g/mol. The molecular formula is C16H17N5O3S. The molecule has 3 aromatic rings. The first-order valence-electron chi connectivity index (χ1n) is 7.50. The Morgan fingerprint density at radius 2 is 2.12 bits per heavy atom. The van der Waals surface area contributed by atoms with E-state index in [0.29, 0.717) is 17.7 Å². The van der Waals surface area contributed by atoms with Crippen molar-refractivity contribution in [1.82, 2.24) is 24.7 Å². The molecule has 0 saturated carbocycles. The number of sulfonamides is 1. The maximum Gasteiger partial charge on any atom is 0.266 e. The van der Waals surface area contributed by atoms with Gasteiger partial charge in [-0.05, 0) is 24.6 Å². The number of aromatic nitrogens is 4. The van der Waals surface area contributed by atoms with E-state index in [2.05, 4.69) is 20.0 Å². The number of benzene rings is 1. The molecule has 0 aliphatic rings. The van der Waals surface area contributed by atoms with Gasteiger partial charge in [0.25, 0.3) is 15.9 Å². The number of nitrogens with zero attached hydrogens (tertiary/aromatic N) is 3. The number of rotatable bonds is 5. The van der Waals surface area contributed by atoms with Gasteiger partial charge in [-0.1, -0.05) is 22.9 Å². The van der Waals surface area contributed by atoms with E-state index >= 15 is 0 Å². The summed E-state index contributed by atoms with van der Waals surface area (Å²) in [6, 6.07) is 6.45. The SMILES string of the molecule is Cc1ccc(S(=O)(=O)NC(=O)c2cc[nH]c2)c(Cc2cn(C)nn2)c1. The highest BCUT2D eigenvalue weighted by Crippen LogP contribution is 2.20. The molecule has 0 atom stereocenters. The molecule has 0 spiro atoms. The summed E-state index contributed by atoms with van der Waals surface area (Å²) in [5, 5.41) is 7.85. The van der Waals surface area contributed by atoms with Crippen molar-refractivity contribution >= 4 is 15.9 Å². The standard InChI is InChI=1S/C16H17N5O3S/c1-11-3-4-15(13(7-11)8-14-10-21(2)20-18-14)25(23,24)19-16(22)12-5-6-17-9-12/h3-7,9-10,17H,8H2,1-2H3,(H,19,22). The number of hydrogen-bond acceptors (Lipinski definition) is 5. The molecule has 0 aliphatic carbocycles. The van der Waals surface area contributed by atoms with Gasteiger partial charge in [-0.2, -0.15) is 0 Å². The number of H-pyrrole nitrogens is 1. The van der Waals surface area contributed by atoms with Gasteiger partial charge in [0.2, 0.25) is 0 Å². The quantitative estimate of drug-likeness (QED) is 0.710. The Balaban J connectivity index is 1.93. The number of carbonyl (C=O) groups is 1. The minimum atomic E-state index is -4.01. The minimum absolute atomic E-state index is 0.0487. The summed E-state index contributed by atoms with van der Waals surface area (Å²) in [5.74, 6) is -0.688. The molecule has 2 aromatic heterocycles. The summed E-state index contributed by atoms with van der Waals surface area (Å²) < 4.78 is 29.0. The highest BCUT2D eigenvalue weighted by Gasteiger charge is 2.22. The van der Waals surface area contributed by atoms with Gasteiger partial charge in [-0.15, -0.1) is 5.10 Å². The smallest absolute Gasteiger partial charge is 0.266 e. The van der Waals surface area contributed by atoms with Crippen LogP contribution in [-0.2, 0) is 23.5 Å². The molecule has 0 fully saturated rings. The van der Waals surface area contributed by atoms with Crippen molar-refractivity contribution in [3.63, 3.8) is 0 Å². The Morgan fingerprint density at radius 3 is 2.76 bits per heavy atom. The van der Waals surface area contributed by atoms with Crippen molar-refractivity contribution in [3.05, 3.63) is 65.2 Å². The average molecular weight is 359 g/mol. The van der Waals surface area contributed by atoms with Crippen molar-refractivity contribution in [2.45, 2.75) is 18.2 Å². The van der Waals surface area contributed by atoms with Crippen LogP contribution in [0.15, 0.2) is 47.8 Å². The zero-order valence-electron chi connectivity index (χ0n) is 13.7. The van der Waals surface area contributed by atoms with Crippen molar-refractivity contribution in [3.8, 4) is 0 Å². The molecule has 0 unspecified atom stereocenters. The Kier molecular flexibility index (Phi) is 4.41. The number of aryl methyl sites for hydroxylation is 2. The minimum Gasteiger partial charge on any atom is -0.367 e. The van der Waals surface area contributed by atoms with Crippen LogP contribution in [-0.4, -0.2) is 34.3 Å². The van der Waals surface area contributed by atoms with Crippen LogP contribution >= 0.6 is 0 Å².